The molecule has 0 aliphatic carbocycles. The molecule has 0 fully saturated rings. The van der Waals surface area contributed by atoms with Crippen LogP contribution in [0.2, 0.25) is 0 Å². The van der Waals surface area contributed by atoms with E-state index < -0.39 is 24.1 Å². The zero-order valence-corrected chi connectivity index (χ0v) is 16.8. The summed E-state index contributed by atoms with van der Waals surface area (Å²) in [5, 5.41) is 83.4. The van der Waals surface area contributed by atoms with Gasteiger partial charge in [-0.2, -0.15) is 0 Å². The van der Waals surface area contributed by atoms with Crippen LogP contribution in [0.3, 0.4) is 0 Å². The van der Waals surface area contributed by atoms with Crippen LogP contribution in [0.4, 0.5) is 0 Å². The van der Waals surface area contributed by atoms with Crippen LogP contribution in [0.25, 0.3) is 0 Å². The van der Waals surface area contributed by atoms with Crippen molar-refractivity contribution in [2.75, 3.05) is 78.9 Å². The number of carboxylic acid groups (broad SMARTS) is 2. The Kier molecular flexibility index (Phi) is 26.3. The third-order valence-corrected chi connectivity index (χ3v) is 3.30. The van der Waals surface area contributed by atoms with E-state index in [-0.39, 0.29) is 39.6 Å². The van der Waals surface area contributed by atoms with E-state index in [0.29, 0.717) is 39.3 Å². The van der Waals surface area contributed by atoms with Gasteiger partial charge in [0.15, 0.2) is 12.2 Å². The molecule has 0 heterocycles. The Morgan fingerprint density at radius 1 is 0.500 bits per heavy atom. The number of carbonyl (C=O) groups is 2. The molecule has 0 saturated heterocycles. The maximum Gasteiger partial charge on any atom is 0.335 e. The van der Waals surface area contributed by atoms with Gasteiger partial charge in [-0.1, -0.05) is 0 Å². The van der Waals surface area contributed by atoms with Crippen LogP contribution in [-0.4, -0.2) is 164 Å². The van der Waals surface area contributed by atoms with E-state index in [1.165, 1.54) is 0 Å². The van der Waals surface area contributed by atoms with Gasteiger partial charge in [0.25, 0.3) is 0 Å². The summed E-state index contributed by atoms with van der Waals surface area (Å²) in [6.45, 7) is 3.51. The normalized spacial score (nSPS) is 12.5. The highest BCUT2D eigenvalue weighted by Gasteiger charge is 2.29. The van der Waals surface area contributed by atoms with Crippen LogP contribution < -0.4 is 0 Å². The lowest BCUT2D eigenvalue weighted by molar-refractivity contribution is -0.165. The Hall–Kier alpha value is -1.46. The van der Waals surface area contributed by atoms with Crippen molar-refractivity contribution in [3.8, 4) is 0 Å². The Bertz CT molecular complexity index is 338. The van der Waals surface area contributed by atoms with E-state index in [9.17, 15) is 9.59 Å². The number of aliphatic hydroxyl groups is 8. The van der Waals surface area contributed by atoms with Gasteiger partial charge in [0.2, 0.25) is 0 Å². The van der Waals surface area contributed by atoms with Crippen molar-refractivity contribution < 1.29 is 60.7 Å². The first-order chi connectivity index (χ1) is 14.2. The van der Waals surface area contributed by atoms with Crippen LogP contribution >= 0.6 is 0 Å². The van der Waals surface area contributed by atoms with E-state index in [4.69, 9.17) is 51.1 Å². The first-order valence-corrected chi connectivity index (χ1v) is 9.08. The first-order valence-electron chi connectivity index (χ1n) is 9.08. The summed E-state index contributed by atoms with van der Waals surface area (Å²) in [7, 11) is 0. The third kappa shape index (κ3) is 21.3. The van der Waals surface area contributed by atoms with Crippen molar-refractivity contribution in [3.05, 3.63) is 0 Å². The monoisotopic (exact) mass is 448 g/mol. The molecule has 2 atom stereocenters. The van der Waals surface area contributed by atoms with Gasteiger partial charge < -0.3 is 51.1 Å². The third-order valence-electron chi connectivity index (χ3n) is 3.30. The average Bonchev–Trinajstić information content (AvgIpc) is 2.69. The summed E-state index contributed by atoms with van der Waals surface area (Å²) >= 11 is 0. The molecule has 0 aliphatic rings. The first kappa shape index (κ1) is 33.2. The molecular weight excluding hydrogens is 412 g/mol. The SMILES string of the molecule is O=C(O)C(O)C(O)C(=O)O.OCCN(CCO)CCO.OCCN(CCO)CCO. The lowest BCUT2D eigenvalue weighted by Gasteiger charge is -2.17. The van der Waals surface area contributed by atoms with Crippen LogP contribution in [0.1, 0.15) is 0 Å². The molecule has 0 spiro atoms. The number of hydrogen-bond donors (Lipinski definition) is 10. The molecule has 0 aliphatic heterocycles. The smallest absolute Gasteiger partial charge is 0.335 e. The Morgan fingerprint density at radius 3 is 0.767 bits per heavy atom. The zero-order chi connectivity index (χ0) is 23.9. The quantitative estimate of drug-likeness (QED) is 0.112. The van der Waals surface area contributed by atoms with Crippen LogP contribution in [0.15, 0.2) is 0 Å². The number of aliphatic carboxylic acids is 2. The standard InChI is InChI=1S/2C6H15NO3.C4H6O6/c2*8-4-1-7(2-5-9)3-6-10;5-1(3(7)8)2(6)4(9)10/h2*8-10H,1-6H2;1-2,5-6H,(H,7,8)(H,9,10). The van der Waals surface area contributed by atoms with E-state index in [2.05, 4.69) is 0 Å². The van der Waals surface area contributed by atoms with Gasteiger partial charge in [0, 0.05) is 39.3 Å². The second-order valence-corrected chi connectivity index (χ2v) is 5.59. The molecule has 0 bridgehead atoms. The number of nitrogens with zero attached hydrogens (tertiary/aromatic N) is 2. The summed E-state index contributed by atoms with van der Waals surface area (Å²) in [6.07, 6.45) is -4.53. The fourth-order valence-electron chi connectivity index (χ4n) is 1.79. The molecule has 0 rings (SSSR count). The highest BCUT2D eigenvalue weighted by Crippen LogP contribution is 1.92. The zero-order valence-electron chi connectivity index (χ0n) is 16.8. The summed E-state index contributed by atoms with van der Waals surface area (Å²) in [4.78, 5) is 23.1. The summed E-state index contributed by atoms with van der Waals surface area (Å²) < 4.78 is 0. The maximum absolute atomic E-state index is 9.77. The van der Waals surface area contributed by atoms with E-state index in [1.807, 2.05) is 0 Å². The minimum Gasteiger partial charge on any atom is -0.479 e. The summed E-state index contributed by atoms with van der Waals surface area (Å²) in [5.41, 5.74) is 0. The summed E-state index contributed by atoms with van der Waals surface area (Å²) in [6, 6.07) is 0. The van der Waals surface area contributed by atoms with Gasteiger partial charge in [0.1, 0.15) is 0 Å². The fourth-order valence-corrected chi connectivity index (χ4v) is 1.79. The lowest BCUT2D eigenvalue weighted by Crippen LogP contribution is -2.39. The molecule has 0 saturated carbocycles. The molecule has 0 aromatic heterocycles. The van der Waals surface area contributed by atoms with Gasteiger partial charge in [-0.25, -0.2) is 9.59 Å². The molecule has 0 aromatic rings. The van der Waals surface area contributed by atoms with Crippen molar-refractivity contribution >= 4 is 11.9 Å². The lowest BCUT2D eigenvalue weighted by atomic mass is 10.2. The van der Waals surface area contributed by atoms with Crippen molar-refractivity contribution in [2.24, 2.45) is 0 Å². The van der Waals surface area contributed by atoms with Gasteiger partial charge in [0.05, 0.1) is 39.6 Å². The molecule has 10 N–H and O–H groups in total. The van der Waals surface area contributed by atoms with E-state index >= 15 is 0 Å². The average molecular weight is 448 g/mol. The van der Waals surface area contributed by atoms with Gasteiger partial charge >= 0.3 is 11.9 Å². The largest absolute Gasteiger partial charge is 0.479 e. The van der Waals surface area contributed by atoms with Crippen molar-refractivity contribution in [3.63, 3.8) is 0 Å². The van der Waals surface area contributed by atoms with Crippen LogP contribution in [-0.2, 0) is 9.59 Å². The van der Waals surface area contributed by atoms with Crippen LogP contribution in [0.5, 0.6) is 0 Å². The number of rotatable bonds is 15. The van der Waals surface area contributed by atoms with Gasteiger partial charge in [-0.05, 0) is 0 Å². The highest BCUT2D eigenvalue weighted by molar-refractivity contribution is 5.83. The van der Waals surface area contributed by atoms with E-state index in [0.717, 1.165) is 0 Å². The van der Waals surface area contributed by atoms with Crippen molar-refractivity contribution in [1.29, 1.82) is 0 Å². The minimum atomic E-state index is -2.27. The molecule has 2 unspecified atom stereocenters. The van der Waals surface area contributed by atoms with Gasteiger partial charge in [-0.3, -0.25) is 9.80 Å². The molecule has 0 amide bonds. The molecule has 0 aromatic carbocycles. The van der Waals surface area contributed by atoms with Crippen LogP contribution in [0, 0.1) is 0 Å². The molecule has 14 nitrogen and oxygen atoms in total. The van der Waals surface area contributed by atoms with Crippen molar-refractivity contribution in [2.45, 2.75) is 12.2 Å². The number of hydrogen-bond acceptors (Lipinski definition) is 12. The Morgan fingerprint density at radius 2 is 0.667 bits per heavy atom. The molecule has 182 valence electrons. The topological polar surface area (TPSA) is 243 Å². The number of carboxylic acids is 2. The molecule has 0 radical (unpaired) electrons. The second kappa shape index (κ2) is 23.8. The van der Waals surface area contributed by atoms with Crippen molar-refractivity contribution in [1.82, 2.24) is 9.80 Å². The maximum atomic E-state index is 9.77. The Balaban J connectivity index is -0.000000364. The predicted molar refractivity (Wildman–Crippen MR) is 103 cm³/mol. The summed E-state index contributed by atoms with van der Waals surface area (Å²) in [5.74, 6) is -3.54. The fraction of sp³-hybridized carbons (Fsp3) is 0.875. The minimum absolute atomic E-state index is 0.0694. The number of aliphatic hydroxyl groups excluding tert-OH is 8. The Labute approximate surface area is 174 Å². The van der Waals surface area contributed by atoms with E-state index in [1.54, 1.807) is 9.80 Å². The highest BCUT2D eigenvalue weighted by atomic mass is 16.4. The molecule has 30 heavy (non-hydrogen) atoms. The predicted octanol–water partition coefficient (Wildman–Crippen LogP) is -5.59. The van der Waals surface area contributed by atoms with Gasteiger partial charge in [-0.15, -0.1) is 0 Å². The molecular formula is C16H36N2O12. The second-order valence-electron chi connectivity index (χ2n) is 5.59. The molecule has 14 heteroatoms.